The second kappa shape index (κ2) is 6.25. The Hall–Kier alpha value is -1.49. The van der Waals surface area contributed by atoms with Gasteiger partial charge in [0.2, 0.25) is 5.78 Å². The van der Waals surface area contributed by atoms with Gasteiger partial charge >= 0.3 is 5.97 Å². The molecular weight excluding hydrogens is 356 g/mol. The fraction of sp³-hybridized carbons (Fsp3) is 0.783. The molecule has 2 N–H and O–H groups in total. The maximum atomic E-state index is 12.5. The Balaban J connectivity index is 1.76. The highest BCUT2D eigenvalue weighted by molar-refractivity contribution is 6.33. The third-order valence-electron chi connectivity index (χ3n) is 9.05. The lowest BCUT2D eigenvalue weighted by Crippen LogP contribution is -2.58. The predicted octanol–water partition coefficient (Wildman–Crippen LogP) is 3.25. The van der Waals surface area contributed by atoms with Gasteiger partial charge in [-0.05, 0) is 72.2 Å². The Bertz CT molecular complexity index is 769. The standard InChI is InChI=1S/C23H32O5/c1-11-7-14-16-8-12(2)18(20(26)21(27)28)23(16,4)10-17(25)19(14)22(3)6-5-13(24)9-15(11)22/h9,11-12,14,16-19,25H,5-8,10H2,1-4H3,(H,27,28)/t11?,12?,14-,16-,17?,18+,19+,22-,23-/m0/s1. The average molecular weight is 389 g/mol. The zero-order valence-electron chi connectivity index (χ0n) is 17.3. The second-order valence-corrected chi connectivity index (χ2v) is 10.6. The normalized spacial score (nSPS) is 50.2. The van der Waals surface area contributed by atoms with Crippen molar-refractivity contribution in [3.63, 3.8) is 0 Å². The molecule has 4 rings (SSSR count). The molecule has 0 radical (unpaired) electrons. The number of fused-ring (bicyclic) bond motifs is 5. The lowest BCUT2D eigenvalue weighted by molar-refractivity contribution is -0.160. The number of ketones is 2. The first-order valence-corrected chi connectivity index (χ1v) is 10.7. The number of hydrogen-bond donors (Lipinski definition) is 2. The number of carboxylic acid groups (broad SMARTS) is 1. The van der Waals surface area contributed by atoms with Crippen molar-refractivity contribution in [3.8, 4) is 0 Å². The summed E-state index contributed by atoms with van der Waals surface area (Å²) in [7, 11) is 0. The van der Waals surface area contributed by atoms with Gasteiger partial charge in [0.25, 0.3) is 0 Å². The minimum Gasteiger partial charge on any atom is -0.475 e. The molecule has 28 heavy (non-hydrogen) atoms. The van der Waals surface area contributed by atoms with Gasteiger partial charge in [-0.15, -0.1) is 0 Å². The number of aliphatic hydroxyl groups is 1. The molecule has 154 valence electrons. The van der Waals surface area contributed by atoms with E-state index in [1.807, 2.05) is 19.9 Å². The molecule has 0 aliphatic heterocycles. The molecule has 0 spiro atoms. The van der Waals surface area contributed by atoms with E-state index >= 15 is 0 Å². The monoisotopic (exact) mass is 388 g/mol. The maximum Gasteiger partial charge on any atom is 0.372 e. The van der Waals surface area contributed by atoms with Crippen molar-refractivity contribution in [2.75, 3.05) is 0 Å². The Labute approximate surface area is 166 Å². The van der Waals surface area contributed by atoms with Crippen LogP contribution in [0.5, 0.6) is 0 Å². The SMILES string of the molecule is CC1C[C@H]2[C@@H]3CC(C)[C@H](C(=O)C(=O)O)[C@@]3(C)CC(O)[C@@H]2[C@@]2(C)CCC(=O)C=C12. The minimum atomic E-state index is -1.35. The summed E-state index contributed by atoms with van der Waals surface area (Å²) in [4.78, 5) is 36.1. The molecule has 0 amide bonds. The summed E-state index contributed by atoms with van der Waals surface area (Å²) in [6.07, 6.45) is 4.77. The van der Waals surface area contributed by atoms with Crippen LogP contribution in [0.1, 0.15) is 59.8 Å². The van der Waals surface area contributed by atoms with Gasteiger partial charge in [-0.25, -0.2) is 4.79 Å². The van der Waals surface area contributed by atoms with Gasteiger partial charge in [0.05, 0.1) is 6.10 Å². The van der Waals surface area contributed by atoms with E-state index < -0.39 is 29.2 Å². The van der Waals surface area contributed by atoms with Crippen molar-refractivity contribution in [2.45, 2.75) is 65.9 Å². The molecule has 3 unspecified atom stereocenters. The van der Waals surface area contributed by atoms with E-state index in [4.69, 9.17) is 0 Å². The van der Waals surface area contributed by atoms with Gasteiger partial charge in [-0.1, -0.05) is 33.3 Å². The molecule has 3 saturated carbocycles. The van der Waals surface area contributed by atoms with Crippen LogP contribution in [0.15, 0.2) is 11.6 Å². The first kappa shape index (κ1) is 19.8. The lowest BCUT2D eigenvalue weighted by Gasteiger charge is -2.61. The van der Waals surface area contributed by atoms with Crippen LogP contribution in [0.3, 0.4) is 0 Å². The molecule has 0 aromatic heterocycles. The topological polar surface area (TPSA) is 91.7 Å². The number of carbonyl (C=O) groups is 3. The molecule has 0 aromatic rings. The third kappa shape index (κ3) is 2.51. The number of rotatable bonds is 2. The number of allylic oxidation sites excluding steroid dienone is 1. The van der Waals surface area contributed by atoms with Crippen molar-refractivity contribution < 1.29 is 24.6 Å². The van der Waals surface area contributed by atoms with Crippen molar-refractivity contribution in [2.24, 2.45) is 46.3 Å². The van der Waals surface area contributed by atoms with Crippen LogP contribution in [-0.4, -0.2) is 33.9 Å². The van der Waals surface area contributed by atoms with E-state index in [2.05, 4.69) is 13.8 Å². The van der Waals surface area contributed by atoms with E-state index in [0.29, 0.717) is 12.8 Å². The highest BCUT2D eigenvalue weighted by Gasteiger charge is 2.65. The second-order valence-electron chi connectivity index (χ2n) is 10.6. The van der Waals surface area contributed by atoms with E-state index in [-0.39, 0.29) is 40.8 Å². The molecule has 0 aromatic carbocycles. The van der Waals surface area contributed by atoms with E-state index in [9.17, 15) is 24.6 Å². The Kier molecular flexibility index (Phi) is 4.42. The zero-order valence-corrected chi connectivity index (χ0v) is 17.3. The highest BCUT2D eigenvalue weighted by Crippen LogP contribution is 2.68. The summed E-state index contributed by atoms with van der Waals surface area (Å²) in [5, 5.41) is 20.7. The molecule has 0 heterocycles. The van der Waals surface area contributed by atoms with Crippen molar-refractivity contribution in [1.29, 1.82) is 0 Å². The van der Waals surface area contributed by atoms with Crippen LogP contribution in [0, 0.1) is 46.3 Å². The van der Waals surface area contributed by atoms with Crippen molar-refractivity contribution in [1.82, 2.24) is 0 Å². The Morgan fingerprint density at radius 2 is 1.86 bits per heavy atom. The minimum absolute atomic E-state index is 0.0116. The van der Waals surface area contributed by atoms with Crippen LogP contribution in [0.4, 0.5) is 0 Å². The number of aliphatic carboxylic acids is 1. The molecule has 9 atom stereocenters. The Morgan fingerprint density at radius 1 is 1.18 bits per heavy atom. The van der Waals surface area contributed by atoms with Gasteiger partial charge in [-0.3, -0.25) is 9.59 Å². The summed E-state index contributed by atoms with van der Waals surface area (Å²) in [5.41, 5.74) is 0.531. The summed E-state index contributed by atoms with van der Waals surface area (Å²) >= 11 is 0. The summed E-state index contributed by atoms with van der Waals surface area (Å²) in [6, 6.07) is 0. The highest BCUT2D eigenvalue weighted by atomic mass is 16.4. The largest absolute Gasteiger partial charge is 0.475 e. The maximum absolute atomic E-state index is 12.5. The summed E-state index contributed by atoms with van der Waals surface area (Å²) in [5.74, 6) is -1.53. The average Bonchev–Trinajstić information content (AvgIpc) is 2.85. The third-order valence-corrected chi connectivity index (χ3v) is 9.05. The van der Waals surface area contributed by atoms with Gasteiger partial charge < -0.3 is 10.2 Å². The molecule has 5 nitrogen and oxygen atoms in total. The van der Waals surface area contributed by atoms with E-state index in [0.717, 1.165) is 19.3 Å². The fourth-order valence-corrected chi connectivity index (χ4v) is 8.18. The summed E-state index contributed by atoms with van der Waals surface area (Å²) < 4.78 is 0. The first-order valence-electron chi connectivity index (χ1n) is 10.7. The van der Waals surface area contributed by atoms with Crippen molar-refractivity contribution >= 4 is 17.5 Å². The summed E-state index contributed by atoms with van der Waals surface area (Å²) in [6.45, 7) is 8.42. The van der Waals surface area contributed by atoms with Crippen molar-refractivity contribution in [3.05, 3.63) is 11.6 Å². The zero-order chi connectivity index (χ0) is 20.6. The van der Waals surface area contributed by atoms with Crippen LogP contribution < -0.4 is 0 Å². The van der Waals surface area contributed by atoms with Crippen LogP contribution in [-0.2, 0) is 14.4 Å². The van der Waals surface area contributed by atoms with Crippen LogP contribution in [0.2, 0.25) is 0 Å². The number of hydrogen-bond acceptors (Lipinski definition) is 4. The van der Waals surface area contributed by atoms with Crippen LogP contribution >= 0.6 is 0 Å². The van der Waals surface area contributed by atoms with Gasteiger partial charge in [0, 0.05) is 12.3 Å². The first-order chi connectivity index (χ1) is 13.0. The number of Topliss-reactive ketones (excluding diaryl/α,β-unsaturated/α-hetero) is 1. The fourth-order valence-electron chi connectivity index (χ4n) is 8.18. The Morgan fingerprint density at radius 3 is 2.50 bits per heavy atom. The molecule has 5 heteroatoms. The predicted molar refractivity (Wildman–Crippen MR) is 103 cm³/mol. The van der Waals surface area contributed by atoms with E-state index in [1.165, 1.54) is 5.57 Å². The molecule has 4 aliphatic carbocycles. The lowest BCUT2D eigenvalue weighted by atomic mass is 9.44. The quantitative estimate of drug-likeness (QED) is 0.709. The van der Waals surface area contributed by atoms with E-state index in [1.54, 1.807) is 0 Å². The van der Waals surface area contributed by atoms with Crippen LogP contribution in [0.25, 0.3) is 0 Å². The molecule has 3 fully saturated rings. The molecule has 0 saturated heterocycles. The molecule has 0 bridgehead atoms. The molecular formula is C23H32O5. The number of aliphatic hydroxyl groups excluding tert-OH is 1. The number of carboxylic acids is 1. The van der Waals surface area contributed by atoms with Gasteiger partial charge in [0.15, 0.2) is 5.78 Å². The number of carbonyl (C=O) groups excluding carboxylic acids is 2. The van der Waals surface area contributed by atoms with Gasteiger partial charge in [-0.2, -0.15) is 0 Å². The molecule has 4 aliphatic rings. The van der Waals surface area contributed by atoms with Gasteiger partial charge in [0.1, 0.15) is 0 Å². The smallest absolute Gasteiger partial charge is 0.372 e.